The van der Waals surface area contributed by atoms with Crippen LogP contribution in [0.3, 0.4) is 0 Å². The van der Waals surface area contributed by atoms with Crippen LogP contribution >= 0.6 is 0 Å². The van der Waals surface area contributed by atoms with Crippen molar-refractivity contribution in [3.8, 4) is 0 Å². The Balaban J connectivity index is 0.843. The summed E-state index contributed by atoms with van der Waals surface area (Å²) in [5, 5.41) is 0. The number of nitrogens with zero attached hydrogens (tertiary/aromatic N) is 2. The van der Waals surface area contributed by atoms with Gasteiger partial charge in [-0.05, 0) is 134 Å². The standard InChI is InChI=1S/C47H58N2/c1-48(36-18-28-46-42-24-12-8-20-38(42)30-31-39-21-9-13-25-43(39)46)34-16-6-4-3-5-7-17-35-49(2)37-19-29-47-44-26-14-10-22-40(44)32-33-41-23-11-15-27-45(41)47/h8-15,20-29H,3-7,16-19,30-37H2,1-2H3. The fourth-order valence-corrected chi connectivity index (χ4v) is 8.00. The quantitative estimate of drug-likeness (QED) is 0.111. The zero-order valence-electron chi connectivity index (χ0n) is 30.3. The number of unbranched alkanes of at least 4 members (excludes halogenated alkanes) is 6. The van der Waals surface area contributed by atoms with Crippen molar-refractivity contribution in [2.75, 3.05) is 40.3 Å². The molecule has 2 aliphatic carbocycles. The molecule has 0 aliphatic heterocycles. The molecule has 2 aliphatic rings. The molecule has 0 saturated carbocycles. The van der Waals surface area contributed by atoms with Gasteiger partial charge in [0, 0.05) is 13.1 Å². The molecule has 0 amide bonds. The maximum absolute atomic E-state index is 2.53. The van der Waals surface area contributed by atoms with Gasteiger partial charge < -0.3 is 9.80 Å². The van der Waals surface area contributed by atoms with E-state index in [1.54, 1.807) is 0 Å². The summed E-state index contributed by atoms with van der Waals surface area (Å²) >= 11 is 0. The number of aryl methyl sites for hydroxylation is 4. The first-order chi connectivity index (χ1) is 24.2. The van der Waals surface area contributed by atoms with E-state index in [0.29, 0.717) is 0 Å². The number of hydrogen-bond acceptors (Lipinski definition) is 2. The van der Waals surface area contributed by atoms with Crippen molar-refractivity contribution in [2.24, 2.45) is 0 Å². The molecule has 4 aromatic rings. The monoisotopic (exact) mass is 650 g/mol. The van der Waals surface area contributed by atoms with Crippen molar-refractivity contribution < 1.29 is 0 Å². The van der Waals surface area contributed by atoms with Crippen molar-refractivity contribution >= 4 is 11.1 Å². The van der Waals surface area contributed by atoms with Crippen molar-refractivity contribution in [3.05, 3.63) is 154 Å². The van der Waals surface area contributed by atoms with Crippen LogP contribution in [0.4, 0.5) is 0 Å². The number of benzene rings is 4. The summed E-state index contributed by atoms with van der Waals surface area (Å²) in [5.41, 5.74) is 14.6. The molecule has 6 rings (SSSR count). The van der Waals surface area contributed by atoms with E-state index < -0.39 is 0 Å². The van der Waals surface area contributed by atoms with E-state index in [0.717, 1.165) is 51.6 Å². The third-order valence-corrected chi connectivity index (χ3v) is 10.9. The summed E-state index contributed by atoms with van der Waals surface area (Å²) in [4.78, 5) is 5.06. The van der Waals surface area contributed by atoms with Gasteiger partial charge in [-0.25, -0.2) is 0 Å². The fraction of sp³-hybridized carbons (Fsp3) is 0.404. The maximum atomic E-state index is 2.53. The second kappa shape index (κ2) is 18.3. The molecule has 0 unspecified atom stereocenters. The Morgan fingerprint density at radius 3 is 1.00 bits per heavy atom. The van der Waals surface area contributed by atoms with Gasteiger partial charge in [-0.15, -0.1) is 0 Å². The minimum absolute atomic E-state index is 1.10. The van der Waals surface area contributed by atoms with E-state index in [2.05, 4.69) is 133 Å². The average Bonchev–Trinajstić information content (AvgIpc) is 3.39. The van der Waals surface area contributed by atoms with Gasteiger partial charge in [0.15, 0.2) is 0 Å². The van der Waals surface area contributed by atoms with Crippen LogP contribution in [0.25, 0.3) is 11.1 Å². The summed E-state index contributed by atoms with van der Waals surface area (Å²) in [7, 11) is 4.60. The fourth-order valence-electron chi connectivity index (χ4n) is 8.00. The van der Waals surface area contributed by atoms with Gasteiger partial charge >= 0.3 is 0 Å². The topological polar surface area (TPSA) is 6.48 Å². The van der Waals surface area contributed by atoms with Crippen LogP contribution in [0.2, 0.25) is 0 Å². The highest BCUT2D eigenvalue weighted by atomic mass is 15.1. The first-order valence-electron chi connectivity index (χ1n) is 19.3. The Hall–Kier alpha value is -3.72. The van der Waals surface area contributed by atoms with Crippen LogP contribution in [0.1, 0.15) is 102 Å². The summed E-state index contributed by atoms with van der Waals surface area (Å²) in [6.07, 6.45) is 21.2. The predicted octanol–water partition coefficient (Wildman–Crippen LogP) is 10.8. The Morgan fingerprint density at radius 1 is 0.388 bits per heavy atom. The molecule has 0 saturated heterocycles. The highest BCUT2D eigenvalue weighted by molar-refractivity contribution is 5.84. The maximum Gasteiger partial charge on any atom is 0.00132 e. The summed E-state index contributed by atoms with van der Waals surface area (Å²) in [6.45, 7) is 4.65. The lowest BCUT2D eigenvalue weighted by Gasteiger charge is -2.17. The van der Waals surface area contributed by atoms with Gasteiger partial charge in [0.1, 0.15) is 0 Å². The highest BCUT2D eigenvalue weighted by Crippen LogP contribution is 2.35. The molecule has 0 N–H and O–H groups in total. The average molecular weight is 651 g/mol. The van der Waals surface area contributed by atoms with Crippen molar-refractivity contribution in [2.45, 2.75) is 83.5 Å². The molecular weight excluding hydrogens is 593 g/mol. The molecule has 4 aromatic carbocycles. The first kappa shape index (κ1) is 35.1. The summed E-state index contributed by atoms with van der Waals surface area (Å²) < 4.78 is 0. The molecule has 256 valence electrons. The van der Waals surface area contributed by atoms with E-state index in [9.17, 15) is 0 Å². The molecule has 0 aromatic heterocycles. The van der Waals surface area contributed by atoms with Crippen LogP contribution in [0, 0.1) is 0 Å². The van der Waals surface area contributed by atoms with E-state index in [1.165, 1.54) is 114 Å². The van der Waals surface area contributed by atoms with Gasteiger partial charge in [-0.3, -0.25) is 0 Å². The Morgan fingerprint density at radius 2 is 0.673 bits per heavy atom. The van der Waals surface area contributed by atoms with Crippen molar-refractivity contribution in [1.29, 1.82) is 0 Å². The molecule has 0 heterocycles. The predicted molar refractivity (Wildman–Crippen MR) is 211 cm³/mol. The molecule has 0 spiro atoms. The van der Waals surface area contributed by atoms with Crippen LogP contribution in [0.5, 0.6) is 0 Å². The highest BCUT2D eigenvalue weighted by Gasteiger charge is 2.18. The summed E-state index contributed by atoms with van der Waals surface area (Å²) in [5.74, 6) is 0. The minimum atomic E-state index is 1.10. The second-order valence-corrected chi connectivity index (χ2v) is 14.5. The third kappa shape index (κ3) is 9.71. The Kier molecular flexibility index (Phi) is 13.1. The van der Waals surface area contributed by atoms with Gasteiger partial charge in [-0.2, -0.15) is 0 Å². The van der Waals surface area contributed by atoms with Gasteiger partial charge in [0.2, 0.25) is 0 Å². The van der Waals surface area contributed by atoms with Crippen LogP contribution in [-0.4, -0.2) is 50.1 Å². The largest absolute Gasteiger partial charge is 0.306 e. The molecule has 0 radical (unpaired) electrons. The van der Waals surface area contributed by atoms with E-state index in [4.69, 9.17) is 0 Å². The normalized spacial score (nSPS) is 13.7. The van der Waals surface area contributed by atoms with Crippen LogP contribution < -0.4 is 0 Å². The van der Waals surface area contributed by atoms with Crippen molar-refractivity contribution in [3.63, 3.8) is 0 Å². The molecule has 2 heteroatoms. The Bertz CT molecular complexity index is 1470. The molecule has 0 atom stereocenters. The number of rotatable bonds is 16. The van der Waals surface area contributed by atoms with Gasteiger partial charge in [-0.1, -0.05) is 141 Å². The van der Waals surface area contributed by atoms with Gasteiger partial charge in [0.05, 0.1) is 0 Å². The molecule has 0 fully saturated rings. The molecule has 0 bridgehead atoms. The van der Waals surface area contributed by atoms with Gasteiger partial charge in [0.25, 0.3) is 0 Å². The van der Waals surface area contributed by atoms with Crippen LogP contribution in [0.15, 0.2) is 109 Å². The second-order valence-electron chi connectivity index (χ2n) is 14.5. The minimum Gasteiger partial charge on any atom is -0.306 e. The van der Waals surface area contributed by atoms with E-state index in [1.807, 2.05) is 0 Å². The molecule has 49 heavy (non-hydrogen) atoms. The zero-order chi connectivity index (χ0) is 33.7. The molecular formula is C47H58N2. The lowest BCUT2D eigenvalue weighted by Crippen LogP contribution is -2.20. The lowest BCUT2D eigenvalue weighted by atomic mass is 9.93. The SMILES string of the molecule is CN(CCC=C1c2ccccc2CCc2ccccc21)CCCCCCCCCN(C)CCC=C1c2ccccc2CCc2ccccc21. The van der Waals surface area contributed by atoms with Crippen LogP contribution in [-0.2, 0) is 25.7 Å². The summed E-state index contributed by atoms with van der Waals surface area (Å²) in [6, 6.07) is 36.1. The third-order valence-electron chi connectivity index (χ3n) is 10.9. The zero-order valence-corrected chi connectivity index (χ0v) is 30.3. The van der Waals surface area contributed by atoms with E-state index >= 15 is 0 Å². The Labute approximate surface area is 297 Å². The number of hydrogen-bond donors (Lipinski definition) is 0. The number of fused-ring (bicyclic) bond motifs is 4. The van der Waals surface area contributed by atoms with E-state index in [-0.39, 0.29) is 0 Å². The first-order valence-corrected chi connectivity index (χ1v) is 19.3. The molecule has 2 nitrogen and oxygen atoms in total. The smallest absolute Gasteiger partial charge is 0.00132 e. The van der Waals surface area contributed by atoms with Crippen molar-refractivity contribution in [1.82, 2.24) is 9.80 Å². The lowest BCUT2D eigenvalue weighted by molar-refractivity contribution is 0.325.